The minimum Gasteiger partial charge on any atom is -0.508 e. The highest BCUT2D eigenvalue weighted by Crippen LogP contribution is 2.26. The Bertz CT molecular complexity index is 378. The fourth-order valence-electron chi connectivity index (χ4n) is 2.56. The lowest BCUT2D eigenvalue weighted by atomic mass is 9.86. The van der Waals surface area contributed by atoms with Crippen molar-refractivity contribution in [3.63, 3.8) is 0 Å². The van der Waals surface area contributed by atoms with Gasteiger partial charge in [-0.15, -0.1) is 0 Å². The van der Waals surface area contributed by atoms with Crippen LogP contribution in [0.4, 0.5) is 0 Å². The summed E-state index contributed by atoms with van der Waals surface area (Å²) in [5.74, 6) is 0.987. The SMILES string of the molecule is CC1CCCCC1NCc1ccc(O)cc1O. The van der Waals surface area contributed by atoms with E-state index in [0.29, 0.717) is 18.5 Å². The molecule has 1 aliphatic carbocycles. The third kappa shape index (κ3) is 3.13. The Hall–Kier alpha value is -1.22. The maximum atomic E-state index is 9.69. The molecule has 1 fully saturated rings. The van der Waals surface area contributed by atoms with Gasteiger partial charge in [-0.05, 0) is 24.8 Å². The Labute approximate surface area is 102 Å². The summed E-state index contributed by atoms with van der Waals surface area (Å²) < 4.78 is 0. The predicted octanol–water partition coefficient (Wildman–Crippen LogP) is 2.77. The van der Waals surface area contributed by atoms with Gasteiger partial charge in [0.1, 0.15) is 11.5 Å². The van der Waals surface area contributed by atoms with Crippen LogP contribution in [0.25, 0.3) is 0 Å². The van der Waals surface area contributed by atoms with Crippen LogP contribution >= 0.6 is 0 Å². The van der Waals surface area contributed by atoms with E-state index in [9.17, 15) is 10.2 Å². The molecule has 0 saturated heterocycles. The number of aromatic hydroxyl groups is 2. The standard InChI is InChI=1S/C14H21NO2/c1-10-4-2-3-5-13(10)15-9-11-6-7-12(16)8-14(11)17/h6-8,10,13,15-17H,2-5,9H2,1H3. The third-order valence-electron chi connectivity index (χ3n) is 3.74. The Morgan fingerprint density at radius 1 is 1.24 bits per heavy atom. The molecule has 0 heterocycles. The largest absolute Gasteiger partial charge is 0.508 e. The van der Waals surface area contributed by atoms with Crippen molar-refractivity contribution in [3.8, 4) is 11.5 Å². The van der Waals surface area contributed by atoms with Gasteiger partial charge < -0.3 is 15.5 Å². The first-order valence-corrected chi connectivity index (χ1v) is 6.41. The molecule has 1 aliphatic rings. The molecule has 0 bridgehead atoms. The Kier molecular flexibility index (Phi) is 3.89. The zero-order chi connectivity index (χ0) is 12.3. The minimum atomic E-state index is 0.109. The topological polar surface area (TPSA) is 52.5 Å². The van der Waals surface area contributed by atoms with Crippen LogP contribution in [0.2, 0.25) is 0 Å². The lowest BCUT2D eigenvalue weighted by Gasteiger charge is -2.29. The maximum Gasteiger partial charge on any atom is 0.123 e. The van der Waals surface area contributed by atoms with Gasteiger partial charge in [-0.1, -0.05) is 25.8 Å². The van der Waals surface area contributed by atoms with E-state index in [0.717, 1.165) is 5.56 Å². The first-order chi connectivity index (χ1) is 8.16. The van der Waals surface area contributed by atoms with Crippen LogP contribution in [0.1, 0.15) is 38.2 Å². The van der Waals surface area contributed by atoms with Crippen LogP contribution in [0, 0.1) is 5.92 Å². The van der Waals surface area contributed by atoms with E-state index in [4.69, 9.17) is 0 Å². The molecule has 0 spiro atoms. The number of benzene rings is 1. The Morgan fingerprint density at radius 2 is 2.00 bits per heavy atom. The van der Waals surface area contributed by atoms with Crippen molar-refractivity contribution in [1.82, 2.24) is 5.32 Å². The van der Waals surface area contributed by atoms with Crippen molar-refractivity contribution in [2.24, 2.45) is 5.92 Å². The van der Waals surface area contributed by atoms with Gasteiger partial charge in [0.15, 0.2) is 0 Å². The van der Waals surface area contributed by atoms with Crippen molar-refractivity contribution in [1.29, 1.82) is 0 Å². The van der Waals surface area contributed by atoms with Gasteiger partial charge >= 0.3 is 0 Å². The second-order valence-electron chi connectivity index (χ2n) is 5.06. The van der Waals surface area contributed by atoms with Gasteiger partial charge in [0.05, 0.1) is 0 Å². The maximum absolute atomic E-state index is 9.69. The van der Waals surface area contributed by atoms with Crippen molar-refractivity contribution < 1.29 is 10.2 Å². The van der Waals surface area contributed by atoms with Gasteiger partial charge in [-0.3, -0.25) is 0 Å². The van der Waals surface area contributed by atoms with E-state index < -0.39 is 0 Å². The molecule has 2 rings (SSSR count). The summed E-state index contributed by atoms with van der Waals surface area (Å²) in [6.07, 6.45) is 5.15. The first kappa shape index (κ1) is 12.2. The van der Waals surface area contributed by atoms with E-state index in [2.05, 4.69) is 12.2 Å². The molecule has 0 aliphatic heterocycles. The highest BCUT2D eigenvalue weighted by Gasteiger charge is 2.20. The zero-order valence-corrected chi connectivity index (χ0v) is 10.3. The van der Waals surface area contributed by atoms with Crippen LogP contribution < -0.4 is 5.32 Å². The number of rotatable bonds is 3. The van der Waals surface area contributed by atoms with Crippen LogP contribution in [-0.4, -0.2) is 16.3 Å². The Balaban J connectivity index is 1.92. The normalized spacial score (nSPS) is 24.8. The van der Waals surface area contributed by atoms with Crippen molar-refractivity contribution >= 4 is 0 Å². The lowest BCUT2D eigenvalue weighted by Crippen LogP contribution is -2.36. The molecule has 1 saturated carbocycles. The number of nitrogens with one attached hydrogen (secondary N) is 1. The second kappa shape index (κ2) is 5.41. The molecule has 2 atom stereocenters. The summed E-state index contributed by atoms with van der Waals surface area (Å²) in [6, 6.07) is 5.32. The summed E-state index contributed by atoms with van der Waals surface area (Å²) in [5.41, 5.74) is 0.848. The van der Waals surface area contributed by atoms with Crippen LogP contribution in [0.5, 0.6) is 11.5 Å². The van der Waals surface area contributed by atoms with E-state index in [1.165, 1.54) is 31.7 Å². The van der Waals surface area contributed by atoms with Gasteiger partial charge in [-0.2, -0.15) is 0 Å². The molecular formula is C14H21NO2. The molecule has 3 heteroatoms. The minimum absolute atomic E-state index is 0.109. The van der Waals surface area contributed by atoms with E-state index in [1.807, 2.05) is 0 Å². The third-order valence-corrected chi connectivity index (χ3v) is 3.74. The smallest absolute Gasteiger partial charge is 0.123 e. The van der Waals surface area contributed by atoms with Gasteiger partial charge in [0.25, 0.3) is 0 Å². The summed E-state index contributed by atoms with van der Waals surface area (Å²) in [7, 11) is 0. The number of phenolic OH excluding ortho intramolecular Hbond substituents is 2. The number of hydrogen-bond acceptors (Lipinski definition) is 3. The predicted molar refractivity (Wildman–Crippen MR) is 68.0 cm³/mol. The molecule has 94 valence electrons. The molecule has 0 radical (unpaired) electrons. The summed E-state index contributed by atoms with van der Waals surface area (Å²) in [5, 5.41) is 22.4. The molecule has 0 amide bonds. The molecular weight excluding hydrogens is 214 g/mol. The van der Waals surface area contributed by atoms with Crippen LogP contribution in [0.3, 0.4) is 0 Å². The molecule has 2 unspecified atom stereocenters. The average molecular weight is 235 g/mol. The summed E-state index contributed by atoms with van der Waals surface area (Å²) >= 11 is 0. The summed E-state index contributed by atoms with van der Waals surface area (Å²) in [4.78, 5) is 0. The van der Waals surface area contributed by atoms with E-state index >= 15 is 0 Å². The lowest BCUT2D eigenvalue weighted by molar-refractivity contribution is 0.278. The van der Waals surface area contributed by atoms with E-state index in [-0.39, 0.29) is 11.5 Å². The molecule has 17 heavy (non-hydrogen) atoms. The van der Waals surface area contributed by atoms with Gasteiger partial charge in [0, 0.05) is 24.2 Å². The number of hydrogen-bond donors (Lipinski definition) is 3. The van der Waals surface area contributed by atoms with E-state index in [1.54, 1.807) is 12.1 Å². The van der Waals surface area contributed by atoms with Crippen LogP contribution in [0.15, 0.2) is 18.2 Å². The zero-order valence-electron chi connectivity index (χ0n) is 10.3. The Morgan fingerprint density at radius 3 is 2.71 bits per heavy atom. The molecule has 1 aromatic rings. The fourth-order valence-corrected chi connectivity index (χ4v) is 2.56. The van der Waals surface area contributed by atoms with Crippen molar-refractivity contribution in [2.75, 3.05) is 0 Å². The first-order valence-electron chi connectivity index (χ1n) is 6.41. The molecule has 0 aromatic heterocycles. The van der Waals surface area contributed by atoms with Crippen LogP contribution in [-0.2, 0) is 6.54 Å². The summed E-state index contributed by atoms with van der Waals surface area (Å²) in [6.45, 7) is 2.95. The second-order valence-corrected chi connectivity index (χ2v) is 5.06. The quantitative estimate of drug-likeness (QED) is 0.755. The molecule has 3 N–H and O–H groups in total. The van der Waals surface area contributed by atoms with Crippen molar-refractivity contribution in [3.05, 3.63) is 23.8 Å². The average Bonchev–Trinajstić information content (AvgIpc) is 2.30. The molecule has 1 aromatic carbocycles. The molecule has 3 nitrogen and oxygen atoms in total. The van der Waals surface area contributed by atoms with Gasteiger partial charge in [-0.25, -0.2) is 0 Å². The highest BCUT2D eigenvalue weighted by molar-refractivity contribution is 5.38. The highest BCUT2D eigenvalue weighted by atomic mass is 16.3. The monoisotopic (exact) mass is 235 g/mol. The number of phenols is 2. The fraction of sp³-hybridized carbons (Fsp3) is 0.571. The van der Waals surface area contributed by atoms with Crippen molar-refractivity contribution in [2.45, 2.75) is 45.2 Å². The van der Waals surface area contributed by atoms with Gasteiger partial charge in [0.2, 0.25) is 0 Å².